The zero-order valence-corrected chi connectivity index (χ0v) is 8.14. The van der Waals surface area contributed by atoms with Crippen molar-refractivity contribution in [1.29, 1.82) is 0 Å². The Kier molecular flexibility index (Phi) is 2.25. The Labute approximate surface area is 75.6 Å². The maximum absolute atomic E-state index is 10.9. The van der Waals surface area contributed by atoms with Crippen LogP contribution in [-0.4, -0.2) is 13.2 Å². The van der Waals surface area contributed by atoms with Gasteiger partial charge in [-0.1, -0.05) is 18.2 Å². The average Bonchev–Trinajstić information content (AvgIpc) is 2.42. The molecule has 0 aliphatic heterocycles. The van der Waals surface area contributed by atoms with Crippen LogP contribution >= 0.6 is 22.3 Å². The molecule has 0 saturated heterocycles. The molecule has 0 aromatic carbocycles. The second-order valence-electron chi connectivity index (χ2n) is 2.81. The van der Waals surface area contributed by atoms with Gasteiger partial charge in [0.15, 0.2) is 0 Å². The van der Waals surface area contributed by atoms with Gasteiger partial charge in [0, 0.05) is 22.1 Å². The Bertz CT molecular complexity index is 277. The summed E-state index contributed by atoms with van der Waals surface area (Å²) in [5.41, 5.74) is 0. The van der Waals surface area contributed by atoms with Gasteiger partial charge in [-0.2, -0.15) is 0 Å². The molecule has 0 N–H and O–H groups in total. The lowest BCUT2D eigenvalue weighted by Gasteiger charge is -2.08. The molecule has 0 aromatic rings. The predicted octanol–water partition coefficient (Wildman–Crippen LogP) is 2.23. The number of hydrogen-bond acceptors (Lipinski definition) is 2. The summed E-state index contributed by atoms with van der Waals surface area (Å²) in [6.07, 6.45) is 1.48. The highest BCUT2D eigenvalue weighted by molar-refractivity contribution is 8.15. The van der Waals surface area contributed by atoms with Gasteiger partial charge in [-0.25, -0.2) is 8.42 Å². The van der Waals surface area contributed by atoms with Crippen molar-refractivity contribution in [2.75, 3.05) is 0 Å². The van der Waals surface area contributed by atoms with Gasteiger partial charge in [-0.15, -0.1) is 0 Å². The third kappa shape index (κ3) is 1.89. The van der Waals surface area contributed by atoms with Crippen LogP contribution in [0, 0.1) is 0 Å². The van der Waals surface area contributed by atoms with E-state index in [1.54, 1.807) is 0 Å². The maximum Gasteiger partial charge on any atom is 0.238 e. The second kappa shape index (κ2) is 2.64. The highest BCUT2D eigenvalue weighted by Gasteiger charge is 2.53. The molecular formula is C6H8Cl2O2S. The van der Waals surface area contributed by atoms with Crippen molar-refractivity contribution in [2.24, 2.45) is 0 Å². The summed E-state index contributed by atoms with van der Waals surface area (Å²) in [4.78, 5) is 0. The molecule has 64 valence electrons. The fourth-order valence-corrected chi connectivity index (χ4v) is 2.89. The molecule has 0 radical (unpaired) electrons. The monoisotopic (exact) mass is 214 g/mol. The summed E-state index contributed by atoms with van der Waals surface area (Å²) in [6.45, 7) is 3.44. The van der Waals surface area contributed by atoms with Crippen LogP contribution in [0.2, 0.25) is 0 Å². The van der Waals surface area contributed by atoms with Crippen molar-refractivity contribution in [3.8, 4) is 0 Å². The maximum atomic E-state index is 10.9. The molecule has 0 aromatic heterocycles. The first-order chi connectivity index (χ1) is 4.87. The van der Waals surface area contributed by atoms with Gasteiger partial charge in [0.2, 0.25) is 9.05 Å². The molecule has 2 nitrogen and oxygen atoms in total. The van der Waals surface area contributed by atoms with Crippen molar-refractivity contribution in [1.82, 2.24) is 0 Å². The fraction of sp³-hybridized carbons (Fsp3) is 0.667. The first-order valence-corrected chi connectivity index (χ1v) is 5.84. The predicted molar refractivity (Wildman–Crippen MR) is 46.3 cm³/mol. The molecule has 1 fully saturated rings. The van der Waals surface area contributed by atoms with E-state index in [9.17, 15) is 8.42 Å². The number of halogens is 2. The van der Waals surface area contributed by atoms with E-state index >= 15 is 0 Å². The Morgan fingerprint density at radius 1 is 1.55 bits per heavy atom. The van der Waals surface area contributed by atoms with Crippen LogP contribution in [0.1, 0.15) is 19.3 Å². The van der Waals surface area contributed by atoms with E-state index < -0.39 is 13.8 Å². The van der Waals surface area contributed by atoms with Crippen LogP contribution < -0.4 is 0 Å². The molecule has 0 heterocycles. The quantitative estimate of drug-likeness (QED) is 0.676. The average molecular weight is 215 g/mol. The number of hydrogen-bond donors (Lipinski definition) is 0. The summed E-state index contributed by atoms with van der Waals surface area (Å²) in [7, 11) is 1.74. The second-order valence-corrected chi connectivity index (χ2v) is 6.31. The van der Waals surface area contributed by atoms with E-state index in [4.69, 9.17) is 22.3 Å². The Hall–Kier alpha value is 0.270. The minimum absolute atomic E-state index is 0.278. The molecule has 1 saturated carbocycles. The SMILES string of the molecule is C=C(Cl)CC1(S(=O)(=O)Cl)CC1. The van der Waals surface area contributed by atoms with Gasteiger partial charge in [-0.05, 0) is 12.8 Å². The standard InChI is InChI=1S/C6H8Cl2O2S/c1-5(7)4-6(2-3-6)11(8,9)10/h1-4H2. The molecule has 0 unspecified atom stereocenters. The minimum Gasteiger partial charge on any atom is -0.212 e. The van der Waals surface area contributed by atoms with Crippen LogP contribution in [0.15, 0.2) is 11.6 Å². The smallest absolute Gasteiger partial charge is 0.212 e. The molecule has 1 rings (SSSR count). The van der Waals surface area contributed by atoms with Crippen LogP contribution in [0.5, 0.6) is 0 Å². The van der Waals surface area contributed by atoms with Crippen molar-refractivity contribution < 1.29 is 8.42 Å². The number of rotatable bonds is 3. The van der Waals surface area contributed by atoms with E-state index in [2.05, 4.69) is 6.58 Å². The van der Waals surface area contributed by atoms with Gasteiger partial charge < -0.3 is 0 Å². The summed E-state index contributed by atoms with van der Waals surface area (Å²) >= 11 is 5.49. The van der Waals surface area contributed by atoms with E-state index in [0.29, 0.717) is 17.9 Å². The normalized spacial score (nSPS) is 21.3. The molecule has 11 heavy (non-hydrogen) atoms. The molecular weight excluding hydrogens is 207 g/mol. The first kappa shape index (κ1) is 9.36. The summed E-state index contributed by atoms with van der Waals surface area (Å²) < 4.78 is 21.0. The third-order valence-electron chi connectivity index (χ3n) is 1.84. The van der Waals surface area contributed by atoms with Crippen molar-refractivity contribution in [2.45, 2.75) is 24.0 Å². The summed E-state index contributed by atoms with van der Waals surface area (Å²) in [5, 5.41) is 0.353. The molecule has 0 amide bonds. The Balaban J connectivity index is 2.78. The summed E-state index contributed by atoms with van der Waals surface area (Å²) in [5.74, 6) is 0. The van der Waals surface area contributed by atoms with Crippen LogP contribution in [0.3, 0.4) is 0 Å². The van der Waals surface area contributed by atoms with Gasteiger partial charge in [0.1, 0.15) is 0 Å². The van der Waals surface area contributed by atoms with Crippen LogP contribution in [0.4, 0.5) is 0 Å². The molecule has 1 aliphatic rings. The van der Waals surface area contributed by atoms with Gasteiger partial charge in [-0.3, -0.25) is 0 Å². The van der Waals surface area contributed by atoms with Crippen LogP contribution in [0.25, 0.3) is 0 Å². The number of allylic oxidation sites excluding steroid dienone is 1. The molecule has 0 spiro atoms. The lowest BCUT2D eigenvalue weighted by Crippen LogP contribution is -2.17. The zero-order chi connectivity index (χ0) is 8.70. The molecule has 0 bridgehead atoms. The lowest BCUT2D eigenvalue weighted by atomic mass is 10.3. The highest BCUT2D eigenvalue weighted by atomic mass is 35.7. The minimum atomic E-state index is -3.46. The van der Waals surface area contributed by atoms with Crippen molar-refractivity contribution in [3.63, 3.8) is 0 Å². The van der Waals surface area contributed by atoms with E-state index in [1.807, 2.05) is 0 Å². The highest BCUT2D eigenvalue weighted by Crippen LogP contribution is 2.50. The van der Waals surface area contributed by atoms with E-state index in [-0.39, 0.29) is 6.42 Å². The Morgan fingerprint density at radius 3 is 2.09 bits per heavy atom. The first-order valence-electron chi connectivity index (χ1n) is 3.15. The summed E-state index contributed by atoms with van der Waals surface area (Å²) in [6, 6.07) is 0. The van der Waals surface area contributed by atoms with Gasteiger partial charge >= 0.3 is 0 Å². The lowest BCUT2D eigenvalue weighted by molar-refractivity contribution is 0.591. The fourth-order valence-electron chi connectivity index (χ4n) is 0.996. The van der Waals surface area contributed by atoms with E-state index in [1.165, 1.54) is 0 Å². The molecule has 5 heteroatoms. The van der Waals surface area contributed by atoms with E-state index in [0.717, 1.165) is 0 Å². The molecule has 1 aliphatic carbocycles. The molecule has 0 atom stereocenters. The topological polar surface area (TPSA) is 34.1 Å². The third-order valence-corrected chi connectivity index (χ3v) is 4.54. The van der Waals surface area contributed by atoms with Crippen molar-refractivity contribution in [3.05, 3.63) is 11.6 Å². The Morgan fingerprint density at radius 2 is 2.00 bits per heavy atom. The zero-order valence-electron chi connectivity index (χ0n) is 5.81. The van der Waals surface area contributed by atoms with Crippen molar-refractivity contribution >= 4 is 31.3 Å². The largest absolute Gasteiger partial charge is 0.238 e. The van der Waals surface area contributed by atoms with Gasteiger partial charge in [0.05, 0.1) is 4.75 Å². The van der Waals surface area contributed by atoms with Crippen LogP contribution in [-0.2, 0) is 9.05 Å². The van der Waals surface area contributed by atoms with Gasteiger partial charge in [0.25, 0.3) is 0 Å².